The van der Waals surface area contributed by atoms with Gasteiger partial charge in [-0.15, -0.1) is 11.8 Å². The molecule has 180 valence electrons. The second kappa shape index (κ2) is 10.4. The zero-order chi connectivity index (χ0) is 25.0. The molecule has 1 N–H and O–H groups in total. The van der Waals surface area contributed by atoms with Crippen molar-refractivity contribution in [2.24, 2.45) is 0 Å². The number of rotatable bonds is 9. The molecule has 1 fully saturated rings. The van der Waals surface area contributed by atoms with Crippen LogP contribution in [0.15, 0.2) is 35.7 Å². The lowest BCUT2D eigenvalue weighted by atomic mass is 10.1. The van der Waals surface area contributed by atoms with Crippen LogP contribution in [-0.4, -0.2) is 52.1 Å². The Kier molecular flexibility index (Phi) is 7.75. The van der Waals surface area contributed by atoms with Gasteiger partial charge in [0, 0.05) is 25.0 Å². The molecule has 1 aromatic rings. The van der Waals surface area contributed by atoms with Gasteiger partial charge in [-0.25, -0.2) is 4.79 Å². The van der Waals surface area contributed by atoms with Crippen LogP contribution >= 0.6 is 24.0 Å². The molecule has 15 heteroatoms. The molecule has 1 aromatic carbocycles. The summed E-state index contributed by atoms with van der Waals surface area (Å²) in [6.45, 7) is -0.287. The van der Waals surface area contributed by atoms with E-state index in [1.165, 1.54) is 24.3 Å². The van der Waals surface area contributed by atoms with Crippen LogP contribution in [0.2, 0.25) is 0 Å². The minimum absolute atomic E-state index is 0.110. The number of nitro benzene ring substituents is 1. The van der Waals surface area contributed by atoms with E-state index in [-0.39, 0.29) is 48.0 Å². The number of β-lactam (4-membered cyclic amide) rings is 1. The fourth-order valence-electron chi connectivity index (χ4n) is 3.09. The maximum absolute atomic E-state index is 13.0. The minimum Gasteiger partial charge on any atom is -0.456 e. The Morgan fingerprint density at radius 2 is 2.09 bits per heavy atom. The van der Waals surface area contributed by atoms with Crippen LogP contribution in [0.25, 0.3) is 0 Å². The molecule has 1 amide bonds. The average molecular weight is 527 g/mol. The van der Waals surface area contributed by atoms with E-state index in [9.17, 15) is 28.1 Å². The molecule has 1 saturated heterocycles. The van der Waals surface area contributed by atoms with Crippen LogP contribution in [0.4, 0.5) is 5.69 Å². The highest BCUT2D eigenvalue weighted by Gasteiger charge is 2.51. The molecule has 34 heavy (non-hydrogen) atoms. The summed E-state index contributed by atoms with van der Waals surface area (Å²) in [5, 5.41) is 21.0. The second-order valence-corrected chi connectivity index (χ2v) is 10.5. The number of esters is 1. The fraction of sp³-hybridized carbons (Fsp3) is 0.368. The highest BCUT2D eigenvalue weighted by Crippen LogP contribution is 2.44. The molecule has 0 radical (unpaired) electrons. The topological polar surface area (TPSA) is 169 Å². The van der Waals surface area contributed by atoms with Gasteiger partial charge in [-0.1, -0.05) is 12.2 Å². The third-order valence-corrected chi connectivity index (χ3v) is 6.72. The number of nitriles is 1. The number of thioether (sulfide) groups is 1. The number of nitrogens with one attached hydrogen (secondary N) is 1. The lowest BCUT2D eigenvalue weighted by molar-refractivity contribution is -0.384. The summed E-state index contributed by atoms with van der Waals surface area (Å²) < 4.78 is 34.3. The first-order valence-electron chi connectivity index (χ1n) is 9.68. The Morgan fingerprint density at radius 1 is 1.41 bits per heavy atom. The van der Waals surface area contributed by atoms with Crippen LogP contribution in [-0.2, 0) is 35.2 Å². The molecule has 0 aromatic heterocycles. The summed E-state index contributed by atoms with van der Waals surface area (Å²) >= 11 is 6.34. The van der Waals surface area contributed by atoms with Crippen molar-refractivity contribution >= 4 is 56.7 Å². The largest absolute Gasteiger partial charge is 0.456 e. The van der Waals surface area contributed by atoms with Gasteiger partial charge < -0.3 is 14.2 Å². The zero-order valence-electron chi connectivity index (χ0n) is 17.6. The summed E-state index contributed by atoms with van der Waals surface area (Å²) in [6, 6.07) is 7.24. The van der Waals surface area contributed by atoms with Gasteiger partial charge >= 0.3 is 16.1 Å². The molecule has 2 aliphatic heterocycles. The number of thiocarbonyl (C=S) groups is 1. The number of carbonyl (C=O) groups excluding carboxylic acids is 2. The molecule has 2 aliphatic rings. The van der Waals surface area contributed by atoms with Gasteiger partial charge in [0.15, 0.2) is 11.5 Å². The number of hydrogen-bond donors (Lipinski definition) is 1. The lowest BCUT2D eigenvalue weighted by Gasteiger charge is -2.46. The van der Waals surface area contributed by atoms with Crippen LogP contribution in [0.5, 0.6) is 0 Å². The van der Waals surface area contributed by atoms with Gasteiger partial charge in [0.1, 0.15) is 12.0 Å². The lowest BCUT2D eigenvalue weighted by Crippen LogP contribution is -2.57. The van der Waals surface area contributed by atoms with E-state index in [1.807, 2.05) is 6.07 Å². The minimum atomic E-state index is -4.11. The van der Waals surface area contributed by atoms with Crippen molar-refractivity contribution in [3.05, 3.63) is 51.4 Å². The van der Waals surface area contributed by atoms with Gasteiger partial charge in [0.2, 0.25) is 5.91 Å². The standard InChI is InChI=1S/C19H18N4O8S3/c1-34(28,29)31-17-16(19(25)30-10-11-4-6-12(7-5-11)23(26)27)22-14(24)9-15(22)33-18(17)21-13(32)3-2-8-20/h4-7,15,18H,2-3,9-10H2,1H3,(H,21,32)/t15-,18?/m1/s1. The Labute approximate surface area is 204 Å². The number of fused-ring (bicyclic) bond motifs is 1. The Morgan fingerprint density at radius 3 is 2.65 bits per heavy atom. The molecular weight excluding hydrogens is 508 g/mol. The van der Waals surface area contributed by atoms with E-state index >= 15 is 0 Å². The van der Waals surface area contributed by atoms with E-state index in [4.69, 9.17) is 26.4 Å². The predicted molar refractivity (Wildman–Crippen MR) is 123 cm³/mol. The molecule has 12 nitrogen and oxygen atoms in total. The summed E-state index contributed by atoms with van der Waals surface area (Å²) in [7, 11) is -4.11. The highest BCUT2D eigenvalue weighted by atomic mass is 32.2. The Balaban J connectivity index is 1.89. The first-order valence-corrected chi connectivity index (χ1v) is 12.8. The van der Waals surface area contributed by atoms with Crippen molar-refractivity contribution in [1.29, 1.82) is 5.26 Å². The highest BCUT2D eigenvalue weighted by molar-refractivity contribution is 8.00. The van der Waals surface area contributed by atoms with Crippen molar-refractivity contribution in [3.63, 3.8) is 0 Å². The van der Waals surface area contributed by atoms with Crippen LogP contribution in [0, 0.1) is 21.4 Å². The van der Waals surface area contributed by atoms with Gasteiger partial charge in [-0.2, -0.15) is 13.7 Å². The van der Waals surface area contributed by atoms with E-state index in [0.717, 1.165) is 22.9 Å². The first-order chi connectivity index (χ1) is 16.0. The Bertz CT molecular complexity index is 1210. The normalized spacial score (nSPS) is 19.4. The Hall–Kier alpha value is -3.22. The summed E-state index contributed by atoms with van der Waals surface area (Å²) in [6.07, 6.45) is 1.24. The van der Waals surface area contributed by atoms with Crippen molar-refractivity contribution in [2.45, 2.75) is 36.6 Å². The monoisotopic (exact) mass is 526 g/mol. The van der Waals surface area contributed by atoms with E-state index in [2.05, 4.69) is 5.32 Å². The van der Waals surface area contributed by atoms with Gasteiger partial charge in [0.05, 0.1) is 34.0 Å². The van der Waals surface area contributed by atoms with E-state index in [0.29, 0.717) is 5.56 Å². The molecule has 1 unspecified atom stereocenters. The van der Waals surface area contributed by atoms with Crippen LogP contribution < -0.4 is 5.32 Å². The number of hydrogen-bond acceptors (Lipinski definition) is 11. The SMILES string of the molecule is CS(=O)(=O)OC1=C(C(=O)OCc2ccc([N+](=O)[O-])cc2)N2C(=O)C[C@H]2SC1NC(=S)CCC#N. The van der Waals surface area contributed by atoms with Crippen molar-refractivity contribution in [1.82, 2.24) is 10.2 Å². The third-order valence-electron chi connectivity index (χ3n) is 4.62. The predicted octanol–water partition coefficient (Wildman–Crippen LogP) is 1.68. The number of ether oxygens (including phenoxy) is 1. The van der Waals surface area contributed by atoms with Crippen LogP contribution in [0.3, 0.4) is 0 Å². The number of amides is 1. The van der Waals surface area contributed by atoms with Crippen LogP contribution in [0.1, 0.15) is 24.8 Å². The van der Waals surface area contributed by atoms with E-state index < -0.39 is 37.7 Å². The van der Waals surface area contributed by atoms with E-state index in [1.54, 1.807) is 0 Å². The number of nitro groups is 1. The molecule has 0 saturated carbocycles. The van der Waals surface area contributed by atoms with Crippen molar-refractivity contribution in [2.75, 3.05) is 6.26 Å². The molecule has 0 aliphatic carbocycles. The zero-order valence-corrected chi connectivity index (χ0v) is 20.1. The second-order valence-electron chi connectivity index (χ2n) is 7.16. The number of non-ortho nitro benzene ring substituents is 1. The first kappa shape index (κ1) is 25.4. The molecular formula is C19H18N4O8S3. The number of benzene rings is 1. The van der Waals surface area contributed by atoms with Gasteiger partial charge in [0.25, 0.3) is 5.69 Å². The quantitative estimate of drug-likeness (QED) is 0.124. The van der Waals surface area contributed by atoms with Crippen molar-refractivity contribution < 1.29 is 31.9 Å². The molecule has 0 bridgehead atoms. The number of nitrogens with zero attached hydrogens (tertiary/aromatic N) is 3. The maximum atomic E-state index is 13.0. The van der Waals surface area contributed by atoms with Gasteiger partial charge in [-0.05, 0) is 17.7 Å². The smallest absolute Gasteiger partial charge is 0.359 e. The summed E-state index contributed by atoms with van der Waals surface area (Å²) in [5.41, 5.74) is -0.0664. The molecule has 2 heterocycles. The fourth-order valence-corrected chi connectivity index (χ4v) is 5.34. The summed E-state index contributed by atoms with van der Waals surface area (Å²) in [4.78, 5) is 36.8. The average Bonchev–Trinajstić information content (AvgIpc) is 2.76. The molecule has 3 rings (SSSR count). The molecule has 2 atom stereocenters. The summed E-state index contributed by atoms with van der Waals surface area (Å²) in [5.74, 6) is -1.78. The van der Waals surface area contributed by atoms with Crippen molar-refractivity contribution in [3.8, 4) is 6.07 Å². The maximum Gasteiger partial charge on any atom is 0.359 e. The van der Waals surface area contributed by atoms with Gasteiger partial charge in [-0.3, -0.25) is 19.8 Å². The molecule has 0 spiro atoms. The third kappa shape index (κ3) is 6.01. The number of carbonyl (C=O) groups is 2.